The summed E-state index contributed by atoms with van der Waals surface area (Å²) in [5.41, 5.74) is 1.86. The SMILES string of the molecule is CNC(C)c1ccc(-n2ccnc2C#N)cc1Cl. The van der Waals surface area contributed by atoms with Crippen LogP contribution < -0.4 is 5.32 Å². The maximum absolute atomic E-state index is 8.94. The van der Waals surface area contributed by atoms with Crippen LogP contribution in [0, 0.1) is 11.3 Å². The van der Waals surface area contributed by atoms with Crippen LogP contribution in [0.5, 0.6) is 0 Å². The van der Waals surface area contributed by atoms with Crippen LogP contribution in [0.4, 0.5) is 0 Å². The number of benzene rings is 1. The number of imidazole rings is 1. The van der Waals surface area contributed by atoms with Crippen molar-refractivity contribution < 1.29 is 0 Å². The molecule has 18 heavy (non-hydrogen) atoms. The molecular weight excluding hydrogens is 248 g/mol. The zero-order valence-corrected chi connectivity index (χ0v) is 10.9. The highest BCUT2D eigenvalue weighted by Crippen LogP contribution is 2.25. The zero-order valence-electron chi connectivity index (χ0n) is 10.2. The topological polar surface area (TPSA) is 53.6 Å². The third-order valence-corrected chi connectivity index (χ3v) is 3.23. The first-order valence-corrected chi connectivity index (χ1v) is 5.95. The molecule has 1 heterocycles. The van der Waals surface area contributed by atoms with Crippen LogP contribution in [0.15, 0.2) is 30.6 Å². The third kappa shape index (κ3) is 2.23. The summed E-state index contributed by atoms with van der Waals surface area (Å²) in [5.74, 6) is 0.348. The van der Waals surface area contributed by atoms with Gasteiger partial charge in [-0.25, -0.2) is 4.98 Å². The Balaban J connectivity index is 2.44. The first-order chi connectivity index (χ1) is 8.67. The van der Waals surface area contributed by atoms with Crippen LogP contribution >= 0.6 is 11.6 Å². The van der Waals surface area contributed by atoms with Gasteiger partial charge in [0.1, 0.15) is 6.07 Å². The van der Waals surface area contributed by atoms with Crippen LogP contribution in [0.3, 0.4) is 0 Å². The maximum atomic E-state index is 8.94. The normalized spacial score (nSPS) is 12.1. The molecule has 0 radical (unpaired) electrons. The number of nitrogens with zero attached hydrogens (tertiary/aromatic N) is 3. The second-order valence-electron chi connectivity index (χ2n) is 3.95. The molecule has 1 atom stereocenters. The Hall–Kier alpha value is -1.83. The molecule has 2 aromatic rings. The molecule has 0 spiro atoms. The summed E-state index contributed by atoms with van der Waals surface area (Å²) >= 11 is 6.26. The smallest absolute Gasteiger partial charge is 0.217 e. The molecule has 1 aromatic carbocycles. The van der Waals surface area contributed by atoms with Gasteiger partial charge in [0.15, 0.2) is 0 Å². The second-order valence-corrected chi connectivity index (χ2v) is 4.36. The molecular formula is C13H13ClN4. The first-order valence-electron chi connectivity index (χ1n) is 5.58. The van der Waals surface area contributed by atoms with Crippen LogP contribution in [0.1, 0.15) is 24.4 Å². The van der Waals surface area contributed by atoms with Gasteiger partial charge in [0.05, 0.1) is 0 Å². The van der Waals surface area contributed by atoms with Crippen molar-refractivity contribution in [2.75, 3.05) is 7.05 Å². The molecule has 2 rings (SSSR count). The van der Waals surface area contributed by atoms with Crippen molar-refractivity contribution in [2.45, 2.75) is 13.0 Å². The summed E-state index contributed by atoms with van der Waals surface area (Å²) < 4.78 is 1.71. The molecule has 4 nitrogen and oxygen atoms in total. The van der Waals surface area contributed by atoms with Crippen molar-refractivity contribution in [2.24, 2.45) is 0 Å². The minimum absolute atomic E-state index is 0.185. The van der Waals surface area contributed by atoms with Crippen LogP contribution in [-0.2, 0) is 0 Å². The van der Waals surface area contributed by atoms with Crippen LogP contribution in [0.2, 0.25) is 5.02 Å². The Labute approximate surface area is 111 Å². The van der Waals surface area contributed by atoms with E-state index in [2.05, 4.69) is 10.3 Å². The summed E-state index contributed by atoms with van der Waals surface area (Å²) in [6, 6.07) is 7.95. The Kier molecular flexibility index (Phi) is 3.66. The molecule has 0 aliphatic heterocycles. The van der Waals surface area contributed by atoms with E-state index in [9.17, 15) is 0 Å². The lowest BCUT2D eigenvalue weighted by molar-refractivity contribution is 0.652. The molecule has 92 valence electrons. The van der Waals surface area contributed by atoms with Gasteiger partial charge in [-0.1, -0.05) is 17.7 Å². The Morgan fingerprint density at radius 3 is 2.89 bits per heavy atom. The summed E-state index contributed by atoms with van der Waals surface area (Å²) in [6.07, 6.45) is 3.34. The van der Waals surface area contributed by atoms with Gasteiger partial charge in [0.25, 0.3) is 0 Å². The van der Waals surface area contributed by atoms with Gasteiger partial charge in [-0.2, -0.15) is 5.26 Å². The third-order valence-electron chi connectivity index (χ3n) is 2.90. The second kappa shape index (κ2) is 5.21. The van der Waals surface area contributed by atoms with E-state index in [1.165, 1.54) is 0 Å². The zero-order chi connectivity index (χ0) is 13.1. The largest absolute Gasteiger partial charge is 0.313 e. The van der Waals surface area contributed by atoms with E-state index in [4.69, 9.17) is 16.9 Å². The van der Waals surface area contributed by atoms with Crippen molar-refractivity contribution in [3.8, 4) is 11.8 Å². The molecule has 5 heteroatoms. The summed E-state index contributed by atoms with van der Waals surface area (Å²) in [5, 5.41) is 12.8. The highest BCUT2D eigenvalue weighted by atomic mass is 35.5. The fourth-order valence-electron chi connectivity index (χ4n) is 1.77. The highest BCUT2D eigenvalue weighted by Gasteiger charge is 2.10. The molecule has 0 saturated carbocycles. The average Bonchev–Trinajstić information content (AvgIpc) is 2.86. The first kappa shape index (κ1) is 12.6. The van der Waals surface area contributed by atoms with E-state index < -0.39 is 0 Å². The van der Waals surface area contributed by atoms with Gasteiger partial charge in [-0.15, -0.1) is 0 Å². The highest BCUT2D eigenvalue weighted by molar-refractivity contribution is 6.31. The van der Waals surface area contributed by atoms with Crippen molar-refractivity contribution in [1.82, 2.24) is 14.9 Å². The standard InChI is InChI=1S/C13H13ClN4/c1-9(16-2)11-4-3-10(7-12(11)14)18-6-5-17-13(18)8-15/h3-7,9,16H,1-2H3. The van der Waals surface area contributed by atoms with Crippen molar-refractivity contribution >= 4 is 11.6 Å². The molecule has 1 aromatic heterocycles. The lowest BCUT2D eigenvalue weighted by Crippen LogP contribution is -2.12. The summed E-state index contributed by atoms with van der Waals surface area (Å²) in [4.78, 5) is 3.96. The van der Waals surface area contributed by atoms with E-state index in [0.717, 1.165) is 11.3 Å². The number of nitrogens with one attached hydrogen (secondary N) is 1. The van der Waals surface area contributed by atoms with E-state index in [1.54, 1.807) is 17.0 Å². The lowest BCUT2D eigenvalue weighted by atomic mass is 10.1. The van der Waals surface area contributed by atoms with Gasteiger partial charge in [0, 0.05) is 29.1 Å². The van der Waals surface area contributed by atoms with Crippen LogP contribution in [-0.4, -0.2) is 16.6 Å². The van der Waals surface area contributed by atoms with Gasteiger partial charge in [0.2, 0.25) is 5.82 Å². The molecule has 0 aliphatic rings. The van der Waals surface area contributed by atoms with Gasteiger partial charge in [-0.3, -0.25) is 4.57 Å². The van der Waals surface area contributed by atoms with E-state index in [-0.39, 0.29) is 6.04 Å². The number of hydrogen-bond donors (Lipinski definition) is 1. The minimum atomic E-state index is 0.185. The van der Waals surface area contributed by atoms with E-state index in [0.29, 0.717) is 10.8 Å². The van der Waals surface area contributed by atoms with E-state index in [1.807, 2.05) is 38.2 Å². The predicted molar refractivity (Wildman–Crippen MR) is 70.8 cm³/mol. The fourth-order valence-corrected chi connectivity index (χ4v) is 2.11. The average molecular weight is 261 g/mol. The van der Waals surface area contributed by atoms with Crippen molar-refractivity contribution in [3.05, 3.63) is 47.0 Å². The molecule has 1 N–H and O–H groups in total. The van der Waals surface area contributed by atoms with Crippen molar-refractivity contribution in [3.63, 3.8) is 0 Å². The lowest BCUT2D eigenvalue weighted by Gasteiger charge is -2.14. The summed E-state index contributed by atoms with van der Waals surface area (Å²) in [7, 11) is 1.89. The molecule has 0 fully saturated rings. The molecule has 1 unspecified atom stereocenters. The molecule has 0 aliphatic carbocycles. The number of halogens is 1. The van der Waals surface area contributed by atoms with Gasteiger partial charge < -0.3 is 5.32 Å². The fraction of sp³-hybridized carbons (Fsp3) is 0.231. The Morgan fingerprint density at radius 1 is 1.50 bits per heavy atom. The van der Waals surface area contributed by atoms with E-state index >= 15 is 0 Å². The molecule has 0 saturated heterocycles. The predicted octanol–water partition coefficient (Wildman–Crippen LogP) is 2.68. The number of nitriles is 1. The minimum Gasteiger partial charge on any atom is -0.313 e. The number of rotatable bonds is 3. The Morgan fingerprint density at radius 2 is 2.28 bits per heavy atom. The van der Waals surface area contributed by atoms with Crippen molar-refractivity contribution in [1.29, 1.82) is 5.26 Å². The van der Waals surface area contributed by atoms with Crippen LogP contribution in [0.25, 0.3) is 5.69 Å². The number of hydrogen-bond acceptors (Lipinski definition) is 3. The van der Waals surface area contributed by atoms with Gasteiger partial charge in [-0.05, 0) is 31.7 Å². The number of aromatic nitrogens is 2. The maximum Gasteiger partial charge on any atom is 0.217 e. The van der Waals surface area contributed by atoms with Gasteiger partial charge >= 0.3 is 0 Å². The molecule has 0 amide bonds. The summed E-state index contributed by atoms with van der Waals surface area (Å²) in [6.45, 7) is 2.04. The Bertz CT molecular complexity index is 597. The quantitative estimate of drug-likeness (QED) is 0.923. The monoisotopic (exact) mass is 260 g/mol. The molecule has 0 bridgehead atoms.